The number of carbonyl (C=O) groups is 1. The SMILES string of the molecule is COc1ccc(CC(=O)N2CC[C@H]3[C@H]2CCN3C)cc1. The lowest BCUT2D eigenvalue weighted by Gasteiger charge is -2.24. The van der Waals surface area contributed by atoms with Crippen LogP contribution < -0.4 is 4.74 Å². The molecule has 0 saturated carbocycles. The molecule has 1 amide bonds. The quantitative estimate of drug-likeness (QED) is 0.838. The zero-order valence-corrected chi connectivity index (χ0v) is 12.2. The predicted molar refractivity (Wildman–Crippen MR) is 77.9 cm³/mol. The second-order valence-corrected chi connectivity index (χ2v) is 5.80. The minimum absolute atomic E-state index is 0.262. The smallest absolute Gasteiger partial charge is 0.227 e. The lowest BCUT2D eigenvalue weighted by molar-refractivity contribution is -0.131. The highest BCUT2D eigenvalue weighted by molar-refractivity contribution is 5.79. The highest BCUT2D eigenvalue weighted by atomic mass is 16.5. The van der Waals surface area contributed by atoms with Crippen molar-refractivity contribution in [3.05, 3.63) is 29.8 Å². The summed E-state index contributed by atoms with van der Waals surface area (Å²) in [6.45, 7) is 2.02. The van der Waals surface area contributed by atoms with Crippen molar-refractivity contribution in [1.29, 1.82) is 0 Å². The molecule has 0 aromatic heterocycles. The largest absolute Gasteiger partial charge is 0.497 e. The van der Waals surface area contributed by atoms with Crippen molar-refractivity contribution in [3.8, 4) is 5.75 Å². The fraction of sp³-hybridized carbons (Fsp3) is 0.562. The highest BCUT2D eigenvalue weighted by Gasteiger charge is 2.42. The number of methoxy groups -OCH3 is 1. The topological polar surface area (TPSA) is 32.8 Å². The number of benzene rings is 1. The Morgan fingerprint density at radius 1 is 1.20 bits per heavy atom. The summed E-state index contributed by atoms with van der Waals surface area (Å²) in [5, 5.41) is 0. The molecule has 2 saturated heterocycles. The minimum Gasteiger partial charge on any atom is -0.497 e. The third-order valence-corrected chi connectivity index (χ3v) is 4.69. The summed E-state index contributed by atoms with van der Waals surface area (Å²) in [7, 11) is 3.82. The van der Waals surface area contributed by atoms with Crippen LogP contribution in [0, 0.1) is 0 Å². The van der Waals surface area contributed by atoms with Crippen LogP contribution in [0.4, 0.5) is 0 Å². The fourth-order valence-corrected chi connectivity index (χ4v) is 3.53. The summed E-state index contributed by atoms with van der Waals surface area (Å²) in [5.74, 6) is 1.10. The molecule has 2 aliphatic heterocycles. The molecule has 0 spiro atoms. The average molecular weight is 274 g/mol. The molecule has 0 radical (unpaired) electrons. The Hall–Kier alpha value is -1.55. The van der Waals surface area contributed by atoms with Gasteiger partial charge in [0.25, 0.3) is 0 Å². The van der Waals surface area contributed by atoms with Crippen LogP contribution in [0.25, 0.3) is 0 Å². The molecule has 3 rings (SSSR count). The molecule has 0 unspecified atom stereocenters. The summed E-state index contributed by atoms with van der Waals surface area (Å²) >= 11 is 0. The molecule has 1 aromatic carbocycles. The van der Waals surface area contributed by atoms with Crippen LogP contribution in [0.15, 0.2) is 24.3 Å². The van der Waals surface area contributed by atoms with Crippen molar-refractivity contribution < 1.29 is 9.53 Å². The van der Waals surface area contributed by atoms with Crippen molar-refractivity contribution in [1.82, 2.24) is 9.80 Å². The second-order valence-electron chi connectivity index (χ2n) is 5.80. The molecular weight excluding hydrogens is 252 g/mol. The number of ether oxygens (including phenoxy) is 1. The lowest BCUT2D eigenvalue weighted by atomic mass is 10.1. The average Bonchev–Trinajstić information content (AvgIpc) is 3.03. The second kappa shape index (κ2) is 5.44. The Bertz CT molecular complexity index is 486. The summed E-state index contributed by atoms with van der Waals surface area (Å²) in [6.07, 6.45) is 2.74. The van der Waals surface area contributed by atoms with Crippen molar-refractivity contribution in [2.75, 3.05) is 27.2 Å². The Morgan fingerprint density at radius 3 is 2.60 bits per heavy atom. The molecule has 0 bridgehead atoms. The fourth-order valence-electron chi connectivity index (χ4n) is 3.53. The maximum absolute atomic E-state index is 12.5. The number of nitrogens with zero attached hydrogens (tertiary/aromatic N) is 2. The van der Waals surface area contributed by atoms with Crippen molar-refractivity contribution >= 4 is 5.91 Å². The van der Waals surface area contributed by atoms with E-state index in [1.807, 2.05) is 24.3 Å². The van der Waals surface area contributed by atoms with Gasteiger partial charge in [-0.05, 0) is 37.6 Å². The first-order valence-corrected chi connectivity index (χ1v) is 7.31. The number of hydrogen-bond donors (Lipinski definition) is 0. The van der Waals surface area contributed by atoms with Gasteiger partial charge in [0.05, 0.1) is 13.5 Å². The van der Waals surface area contributed by atoms with Gasteiger partial charge in [-0.2, -0.15) is 0 Å². The summed E-state index contributed by atoms with van der Waals surface area (Å²) in [5.41, 5.74) is 1.06. The lowest BCUT2D eigenvalue weighted by Crippen LogP contribution is -2.39. The van der Waals surface area contributed by atoms with Crippen LogP contribution in [0.1, 0.15) is 18.4 Å². The normalized spacial score (nSPS) is 25.8. The maximum atomic E-state index is 12.5. The molecule has 1 aromatic rings. The Kier molecular flexibility index (Phi) is 3.66. The first-order chi connectivity index (χ1) is 9.69. The zero-order valence-electron chi connectivity index (χ0n) is 12.2. The van der Waals surface area contributed by atoms with Crippen LogP contribution in [0.5, 0.6) is 5.75 Å². The third kappa shape index (κ3) is 2.40. The van der Waals surface area contributed by atoms with Gasteiger partial charge in [0, 0.05) is 25.2 Å². The Labute approximate surface area is 120 Å². The Morgan fingerprint density at radius 2 is 1.90 bits per heavy atom. The van der Waals surface area contributed by atoms with E-state index in [2.05, 4.69) is 16.8 Å². The van der Waals surface area contributed by atoms with Crippen LogP contribution in [0.3, 0.4) is 0 Å². The van der Waals surface area contributed by atoms with E-state index in [0.29, 0.717) is 18.5 Å². The summed E-state index contributed by atoms with van der Waals surface area (Å²) < 4.78 is 5.14. The van der Waals surface area contributed by atoms with Crippen molar-refractivity contribution in [2.24, 2.45) is 0 Å². The number of likely N-dealkylation sites (N-methyl/N-ethyl adjacent to an activating group) is 1. The van der Waals surface area contributed by atoms with Crippen LogP contribution in [-0.2, 0) is 11.2 Å². The molecule has 4 nitrogen and oxygen atoms in total. The molecule has 2 atom stereocenters. The van der Waals surface area contributed by atoms with Gasteiger partial charge in [-0.25, -0.2) is 0 Å². The number of hydrogen-bond acceptors (Lipinski definition) is 3. The Balaban J connectivity index is 1.64. The van der Waals surface area contributed by atoms with Crippen molar-refractivity contribution in [3.63, 3.8) is 0 Å². The van der Waals surface area contributed by atoms with Gasteiger partial charge in [0.2, 0.25) is 5.91 Å². The number of likely N-dealkylation sites (tertiary alicyclic amines) is 2. The predicted octanol–water partition coefficient (Wildman–Crippen LogP) is 1.54. The van der Waals surface area contributed by atoms with Gasteiger partial charge in [-0.15, -0.1) is 0 Å². The van der Waals surface area contributed by atoms with E-state index in [4.69, 9.17) is 4.74 Å². The summed E-state index contributed by atoms with van der Waals surface area (Å²) in [4.78, 5) is 17.0. The van der Waals surface area contributed by atoms with E-state index < -0.39 is 0 Å². The minimum atomic E-state index is 0.262. The van der Waals surface area contributed by atoms with E-state index >= 15 is 0 Å². The number of rotatable bonds is 3. The molecule has 0 N–H and O–H groups in total. The van der Waals surface area contributed by atoms with Crippen LogP contribution in [-0.4, -0.2) is 55.0 Å². The van der Waals surface area contributed by atoms with E-state index in [1.165, 1.54) is 0 Å². The summed E-state index contributed by atoms with van der Waals surface area (Å²) in [6, 6.07) is 8.80. The first-order valence-electron chi connectivity index (χ1n) is 7.31. The number of carbonyl (C=O) groups excluding carboxylic acids is 1. The van der Waals surface area contributed by atoms with Gasteiger partial charge in [0.15, 0.2) is 0 Å². The van der Waals surface area contributed by atoms with Crippen molar-refractivity contribution in [2.45, 2.75) is 31.3 Å². The van der Waals surface area contributed by atoms with Gasteiger partial charge >= 0.3 is 0 Å². The third-order valence-electron chi connectivity index (χ3n) is 4.69. The molecule has 4 heteroatoms. The van der Waals surface area contributed by atoms with Gasteiger partial charge in [-0.3, -0.25) is 4.79 Å². The molecule has 20 heavy (non-hydrogen) atoms. The molecule has 2 fully saturated rings. The molecule has 0 aliphatic carbocycles. The number of amides is 1. The molecule has 108 valence electrons. The van der Waals surface area contributed by atoms with E-state index in [0.717, 1.165) is 37.2 Å². The van der Waals surface area contributed by atoms with Crippen LogP contribution >= 0.6 is 0 Å². The monoisotopic (exact) mass is 274 g/mol. The molecule has 2 aliphatic rings. The molecule has 2 heterocycles. The van der Waals surface area contributed by atoms with E-state index in [9.17, 15) is 4.79 Å². The number of fused-ring (bicyclic) bond motifs is 1. The van der Waals surface area contributed by atoms with E-state index in [-0.39, 0.29) is 5.91 Å². The highest BCUT2D eigenvalue weighted by Crippen LogP contribution is 2.30. The van der Waals surface area contributed by atoms with E-state index in [1.54, 1.807) is 7.11 Å². The van der Waals surface area contributed by atoms with Crippen LogP contribution in [0.2, 0.25) is 0 Å². The zero-order chi connectivity index (χ0) is 14.1. The standard InChI is InChI=1S/C16H22N2O2/c1-17-9-7-15-14(17)8-10-18(15)16(19)11-12-3-5-13(20-2)6-4-12/h3-6,14-15H,7-11H2,1-2H3/t14-,15+/m0/s1. The van der Waals surface area contributed by atoms with Gasteiger partial charge in [0.1, 0.15) is 5.75 Å². The van der Waals surface area contributed by atoms with Gasteiger partial charge < -0.3 is 14.5 Å². The maximum Gasteiger partial charge on any atom is 0.227 e. The van der Waals surface area contributed by atoms with Gasteiger partial charge in [-0.1, -0.05) is 12.1 Å². The molecular formula is C16H22N2O2. The first kappa shape index (κ1) is 13.4.